The summed E-state index contributed by atoms with van der Waals surface area (Å²) >= 11 is 6.64. The van der Waals surface area contributed by atoms with Crippen LogP contribution in [0.15, 0.2) is 119 Å². The smallest absolute Gasteiger partial charge is 0.338 e. The van der Waals surface area contributed by atoms with Gasteiger partial charge in [-0.05, 0) is 196 Å². The van der Waals surface area contributed by atoms with Crippen LogP contribution >= 0.6 is 11.6 Å². The number of nitrogens with zero attached hydrogens (tertiary/aromatic N) is 6. The number of cyclic esters (lactones) is 3. The van der Waals surface area contributed by atoms with E-state index in [-0.39, 0.29) is 68.1 Å². The van der Waals surface area contributed by atoms with Gasteiger partial charge >= 0.3 is 17.9 Å². The molecular formula is C79H103ClN6O13. The van der Waals surface area contributed by atoms with Crippen LogP contribution in [0, 0.1) is 41.5 Å². The molecule has 3 amide bonds. The zero-order chi connectivity index (χ0) is 70.9. The maximum atomic E-state index is 13.0. The molecular weight excluding hydrogens is 1280 g/mol. The Morgan fingerprint density at radius 2 is 0.828 bits per heavy atom. The highest BCUT2D eigenvalue weighted by atomic mass is 35.5. The van der Waals surface area contributed by atoms with Gasteiger partial charge in [-0.15, -0.1) is 0 Å². The van der Waals surface area contributed by atoms with Crippen molar-refractivity contribution in [3.63, 3.8) is 0 Å². The normalized spacial score (nSPS) is 20.6. The van der Waals surface area contributed by atoms with Gasteiger partial charge in [0.05, 0.1) is 53.6 Å². The summed E-state index contributed by atoms with van der Waals surface area (Å²) in [7, 11) is 0. The molecule has 534 valence electrons. The lowest BCUT2D eigenvalue weighted by molar-refractivity contribution is -0.140. The van der Waals surface area contributed by atoms with E-state index in [0.29, 0.717) is 109 Å². The second kappa shape index (κ2) is 41.9. The van der Waals surface area contributed by atoms with Crippen molar-refractivity contribution in [3.05, 3.63) is 175 Å². The Balaban J connectivity index is 0.000000209. The molecule has 9 rings (SSSR count). The first-order chi connectivity index (χ1) is 47.8. The van der Waals surface area contributed by atoms with Crippen LogP contribution in [0.25, 0.3) is 0 Å². The van der Waals surface area contributed by atoms with Gasteiger partial charge in [0.25, 0.3) is 17.7 Å². The van der Waals surface area contributed by atoms with Crippen molar-refractivity contribution in [2.45, 2.75) is 183 Å². The van der Waals surface area contributed by atoms with E-state index in [2.05, 4.69) is 58.0 Å². The third kappa shape index (κ3) is 26.3. The molecule has 0 radical (unpaired) electrons. The van der Waals surface area contributed by atoms with Crippen LogP contribution in [0.1, 0.15) is 191 Å². The summed E-state index contributed by atoms with van der Waals surface area (Å²) in [5.41, 5.74) is 11.5. The molecule has 6 aliphatic rings. The van der Waals surface area contributed by atoms with Gasteiger partial charge in [-0.2, -0.15) is 0 Å². The first-order valence-electron chi connectivity index (χ1n) is 35.3. The molecule has 0 aromatic heterocycles. The minimum atomic E-state index is -0.401. The number of hydrogen-bond donors (Lipinski definition) is 0. The number of piperidine rings is 2. The Bertz CT molecular complexity index is 3370. The van der Waals surface area contributed by atoms with Gasteiger partial charge in [-0.1, -0.05) is 123 Å². The number of fused-ring (bicyclic) bond motifs is 3. The third-order valence-corrected chi connectivity index (χ3v) is 18.0. The average Bonchev–Trinajstić information content (AvgIpc) is 0.813. The van der Waals surface area contributed by atoms with Gasteiger partial charge in [0.15, 0.2) is 19.8 Å². The number of oxime groups is 3. The molecule has 0 N–H and O–H groups in total. The van der Waals surface area contributed by atoms with Crippen molar-refractivity contribution in [1.29, 1.82) is 0 Å². The summed E-state index contributed by atoms with van der Waals surface area (Å²) in [6.45, 7) is 20.8. The third-order valence-electron chi connectivity index (χ3n) is 17.5. The molecule has 6 heterocycles. The van der Waals surface area contributed by atoms with Crippen molar-refractivity contribution in [2.75, 3.05) is 78.9 Å². The molecule has 0 bridgehead atoms. The number of ether oxygens (including phenoxy) is 4. The second-order valence-corrected chi connectivity index (χ2v) is 26.4. The fourth-order valence-electron chi connectivity index (χ4n) is 12.4. The van der Waals surface area contributed by atoms with E-state index in [0.717, 1.165) is 135 Å². The van der Waals surface area contributed by atoms with E-state index < -0.39 is 5.97 Å². The predicted octanol–water partition coefficient (Wildman–Crippen LogP) is 14.3. The number of carbonyl (C=O) groups excluding carboxylic acids is 6. The fraction of sp³-hybridized carbons (Fsp3) is 0.506. The van der Waals surface area contributed by atoms with Crippen LogP contribution in [0.4, 0.5) is 0 Å². The van der Waals surface area contributed by atoms with Gasteiger partial charge in [0, 0.05) is 76.4 Å². The van der Waals surface area contributed by atoms with Gasteiger partial charge in [-0.25, -0.2) is 14.4 Å². The molecule has 3 aromatic rings. The quantitative estimate of drug-likeness (QED) is 0.0845. The minimum Gasteiger partial charge on any atom is -0.462 e. The van der Waals surface area contributed by atoms with Crippen LogP contribution in [0.5, 0.6) is 0 Å². The van der Waals surface area contributed by atoms with E-state index in [1.54, 1.807) is 4.90 Å². The number of hydrogen-bond acceptors (Lipinski definition) is 16. The number of allylic oxidation sites excluding steroid dienone is 9. The first kappa shape index (κ1) is 77.9. The van der Waals surface area contributed by atoms with Crippen molar-refractivity contribution in [3.8, 4) is 0 Å². The maximum Gasteiger partial charge on any atom is 0.338 e. The maximum absolute atomic E-state index is 13.0. The molecule has 2 atom stereocenters. The standard InChI is InChI=1S/2C27H36N2O4.C25H31ClN2O5/c2*1-20-16-21(2)26-23(17-20)18-24(28-32-19-25(30)29-14-10-7-11-15-29)13-9-6-4-5-8-12-22(3)33-27(26)31;1-18-15-19(2)24(26)21-16-20(27-33-17-22(29)28-10-13-31-14-11-28)9-7-5-3-4-6-8-12-32-25(30)23(18)21/h2*5,8-9,13,16-17,22H,4,6-7,10-12,14-15,18-19H2,1-3H3;4,6-7,9,15H,3,5,8,10-14,16-17H2,1-2H3. The topological polar surface area (TPSA) is 214 Å². The highest BCUT2D eigenvalue weighted by Crippen LogP contribution is 2.30. The number of rotatable bonds is 9. The van der Waals surface area contributed by atoms with Crippen LogP contribution in [-0.4, -0.2) is 159 Å². The minimum absolute atomic E-state index is 0.0290. The molecule has 99 heavy (non-hydrogen) atoms. The molecule has 0 spiro atoms. The van der Waals surface area contributed by atoms with E-state index in [1.165, 1.54) is 12.8 Å². The van der Waals surface area contributed by atoms with Gasteiger partial charge in [0.2, 0.25) is 0 Å². The second-order valence-electron chi connectivity index (χ2n) is 26.1. The Morgan fingerprint density at radius 3 is 1.27 bits per heavy atom. The Kier molecular flexibility index (Phi) is 32.9. The van der Waals surface area contributed by atoms with Gasteiger partial charge < -0.3 is 48.2 Å². The number of benzene rings is 3. The molecule has 20 heteroatoms. The Hall–Kier alpha value is -8.42. The molecule has 19 nitrogen and oxygen atoms in total. The van der Waals surface area contributed by atoms with Crippen LogP contribution in [-0.2, 0) is 67.1 Å². The number of aryl methyl sites for hydroxylation is 6. The summed E-state index contributed by atoms with van der Waals surface area (Å²) in [5.74, 6) is -1.22. The average molecular weight is 1380 g/mol. The number of carbonyl (C=O) groups is 6. The molecule has 0 saturated carbocycles. The zero-order valence-corrected chi connectivity index (χ0v) is 60.3. The lowest BCUT2D eigenvalue weighted by atomic mass is 9.94. The fourth-order valence-corrected chi connectivity index (χ4v) is 12.7. The lowest BCUT2D eigenvalue weighted by Crippen LogP contribution is -2.42. The highest BCUT2D eigenvalue weighted by Gasteiger charge is 2.26. The van der Waals surface area contributed by atoms with E-state index in [4.69, 9.17) is 45.1 Å². The number of esters is 3. The zero-order valence-electron chi connectivity index (χ0n) is 59.6. The lowest BCUT2D eigenvalue weighted by Gasteiger charge is -2.26. The van der Waals surface area contributed by atoms with E-state index >= 15 is 0 Å². The molecule has 3 fully saturated rings. The highest BCUT2D eigenvalue weighted by molar-refractivity contribution is 6.33. The summed E-state index contributed by atoms with van der Waals surface area (Å²) in [6.07, 6.45) is 38.8. The van der Waals surface area contributed by atoms with Gasteiger partial charge in [-0.3, -0.25) is 14.4 Å². The summed E-state index contributed by atoms with van der Waals surface area (Å²) < 4.78 is 22.2. The summed E-state index contributed by atoms with van der Waals surface area (Å²) in [6, 6.07) is 9.88. The number of halogens is 1. The molecule has 3 aromatic carbocycles. The summed E-state index contributed by atoms with van der Waals surface area (Å²) in [4.78, 5) is 98.0. The SMILES string of the molecule is Cc1cc(C)c2c(c1)CC(=NOCC(=O)N1CCCCC1)C=CCCC=CCC(C)OC2=O.Cc1cc(C)c2c(c1)CC(=NOCC(=O)N1CCCCC1)C=CCCC=CCC(C)OC2=O.Cc1cc(C)c2c(c1Cl)CC(=NOCC(=O)N1CCOCC1)C=CCCC=CCCOC2=O. The predicted molar refractivity (Wildman–Crippen MR) is 389 cm³/mol. The van der Waals surface area contributed by atoms with Crippen molar-refractivity contribution in [2.24, 2.45) is 15.5 Å². The molecule has 6 aliphatic heterocycles. The molecule has 2 unspecified atom stereocenters. The van der Waals surface area contributed by atoms with E-state index in [9.17, 15) is 28.8 Å². The molecule has 3 saturated heterocycles. The van der Waals surface area contributed by atoms with Gasteiger partial charge in [0.1, 0.15) is 12.2 Å². The number of likely N-dealkylation sites (tertiary alicyclic amines) is 2. The van der Waals surface area contributed by atoms with E-state index in [1.807, 2.05) is 126 Å². The van der Waals surface area contributed by atoms with Crippen molar-refractivity contribution >= 4 is 64.4 Å². The van der Waals surface area contributed by atoms with Crippen molar-refractivity contribution < 1.29 is 62.2 Å². The largest absolute Gasteiger partial charge is 0.462 e. The Morgan fingerprint density at radius 1 is 0.444 bits per heavy atom. The monoisotopic (exact) mass is 1380 g/mol. The number of morpholine rings is 1. The van der Waals surface area contributed by atoms with Crippen LogP contribution in [0.2, 0.25) is 5.02 Å². The molecule has 0 aliphatic carbocycles. The Labute approximate surface area is 591 Å². The van der Waals surface area contributed by atoms with Crippen molar-refractivity contribution in [1.82, 2.24) is 14.7 Å². The number of amides is 3. The van der Waals surface area contributed by atoms with Crippen LogP contribution in [0.3, 0.4) is 0 Å². The summed E-state index contributed by atoms with van der Waals surface area (Å²) in [5, 5.41) is 13.3. The van der Waals surface area contributed by atoms with Crippen LogP contribution < -0.4 is 0 Å². The first-order valence-corrected chi connectivity index (χ1v) is 35.7.